The molecule has 0 fully saturated rings. The summed E-state index contributed by atoms with van der Waals surface area (Å²) < 4.78 is 5.21. The van der Waals surface area contributed by atoms with Crippen molar-refractivity contribution >= 4 is 41.2 Å². The summed E-state index contributed by atoms with van der Waals surface area (Å²) in [4.78, 5) is 75.0. The minimum atomic E-state index is -1.37. The zero-order chi connectivity index (χ0) is 32.9. The second-order valence-electron chi connectivity index (χ2n) is 11.6. The number of amides is 5. The first-order chi connectivity index (χ1) is 20.0. The molecule has 7 N–H and O–H groups in total. The van der Waals surface area contributed by atoms with E-state index in [1.165, 1.54) is 6.92 Å². The van der Waals surface area contributed by atoms with Crippen LogP contribution in [0.3, 0.4) is 0 Å². The fraction of sp³-hybridized carbons (Fsp3) is 0.600. The number of benzene rings is 1. The first kappa shape index (κ1) is 37.0. The van der Waals surface area contributed by atoms with Gasteiger partial charge in [0, 0.05) is 11.7 Å². The number of carbonyl (C=O) groups is 6. The van der Waals surface area contributed by atoms with Crippen LogP contribution in [0.15, 0.2) is 24.3 Å². The van der Waals surface area contributed by atoms with Crippen LogP contribution in [-0.2, 0) is 40.1 Å². The molecule has 13 heteroatoms. The Kier molecular flexibility index (Phi) is 15.4. The van der Waals surface area contributed by atoms with E-state index in [2.05, 4.69) is 26.6 Å². The number of primary amides is 1. The summed E-state index contributed by atoms with van der Waals surface area (Å²) >= 11 is 0. The van der Waals surface area contributed by atoms with Crippen LogP contribution in [0.1, 0.15) is 73.8 Å². The summed E-state index contributed by atoms with van der Waals surface area (Å²) in [6, 6.07) is 2.81. The average molecular weight is 605 g/mol. The minimum Gasteiger partial charge on any atom is -0.461 e. The van der Waals surface area contributed by atoms with Crippen molar-refractivity contribution in [1.29, 1.82) is 0 Å². The van der Waals surface area contributed by atoms with Crippen LogP contribution in [0.25, 0.3) is 0 Å². The lowest BCUT2D eigenvalue weighted by atomic mass is 10.0. The Morgan fingerprint density at radius 1 is 0.721 bits per heavy atom. The Balaban J connectivity index is 2.92. The SMILES string of the molecule is CC(C)C[C@H](NC(=O)[C@H](CC(N)=O)NC(=O)[C@H](C)NC(=O)[C@H](C)NC(C)C)C(=O)Nc1ccc(COC(=O)C(C)C)cc1. The number of anilines is 1. The largest absolute Gasteiger partial charge is 0.461 e. The average Bonchev–Trinajstić information content (AvgIpc) is 2.90. The van der Waals surface area contributed by atoms with Crippen molar-refractivity contribution in [2.75, 3.05) is 5.32 Å². The summed E-state index contributed by atoms with van der Waals surface area (Å²) in [6.07, 6.45) is -0.242. The van der Waals surface area contributed by atoms with Gasteiger partial charge in [-0.15, -0.1) is 0 Å². The maximum atomic E-state index is 13.2. The second-order valence-corrected chi connectivity index (χ2v) is 11.6. The summed E-state index contributed by atoms with van der Waals surface area (Å²) in [5, 5.41) is 13.4. The highest BCUT2D eigenvalue weighted by molar-refractivity contribution is 6.00. The molecule has 0 saturated heterocycles. The molecule has 1 rings (SSSR count). The van der Waals surface area contributed by atoms with E-state index in [0.717, 1.165) is 5.56 Å². The molecule has 43 heavy (non-hydrogen) atoms. The van der Waals surface area contributed by atoms with Gasteiger partial charge in [0.05, 0.1) is 18.4 Å². The van der Waals surface area contributed by atoms with E-state index < -0.39 is 60.1 Å². The van der Waals surface area contributed by atoms with Gasteiger partial charge in [-0.05, 0) is 43.9 Å². The van der Waals surface area contributed by atoms with Crippen molar-refractivity contribution in [1.82, 2.24) is 21.3 Å². The van der Waals surface area contributed by atoms with E-state index in [4.69, 9.17) is 10.5 Å². The number of esters is 1. The Bertz CT molecular complexity index is 1120. The molecule has 4 atom stereocenters. The monoisotopic (exact) mass is 604 g/mol. The molecular formula is C30H48N6O7. The fourth-order valence-electron chi connectivity index (χ4n) is 3.90. The number of nitrogens with one attached hydrogen (secondary N) is 5. The lowest BCUT2D eigenvalue weighted by Gasteiger charge is -2.25. The van der Waals surface area contributed by atoms with Crippen LogP contribution in [0.4, 0.5) is 5.69 Å². The van der Waals surface area contributed by atoms with Gasteiger partial charge in [-0.25, -0.2) is 0 Å². The standard InChI is InChI=1S/C30H48N6O7/c1-16(2)13-23(28(40)34-22-11-9-21(10-12-22)15-43-30(42)17(3)4)36-29(41)24(14-25(31)37)35-27(39)20(8)33-26(38)19(7)32-18(5)6/h9-12,16-20,23-24,32H,13-15H2,1-8H3,(H2,31,37)(H,33,38)(H,34,40)(H,35,39)(H,36,41)/t19-,20-,23-,24-/m0/s1. The van der Waals surface area contributed by atoms with Gasteiger partial charge >= 0.3 is 5.97 Å². The van der Waals surface area contributed by atoms with Crippen LogP contribution in [0, 0.1) is 11.8 Å². The third kappa shape index (κ3) is 14.1. The van der Waals surface area contributed by atoms with E-state index in [0.29, 0.717) is 5.69 Å². The molecule has 240 valence electrons. The second kappa shape index (κ2) is 17.8. The smallest absolute Gasteiger partial charge is 0.308 e. The van der Waals surface area contributed by atoms with Crippen molar-refractivity contribution in [2.45, 2.75) is 105 Å². The van der Waals surface area contributed by atoms with Gasteiger partial charge in [0.15, 0.2) is 0 Å². The Labute approximate surface area is 253 Å². The molecular weight excluding hydrogens is 556 g/mol. The summed E-state index contributed by atoms with van der Waals surface area (Å²) in [7, 11) is 0. The van der Waals surface area contributed by atoms with Gasteiger partial charge in [0.2, 0.25) is 29.5 Å². The number of rotatable bonds is 17. The number of nitrogens with two attached hydrogens (primary N) is 1. The van der Waals surface area contributed by atoms with E-state index in [1.54, 1.807) is 45.0 Å². The number of carbonyl (C=O) groups excluding carboxylic acids is 6. The maximum absolute atomic E-state index is 13.2. The molecule has 0 spiro atoms. The molecule has 0 aliphatic carbocycles. The van der Waals surface area contributed by atoms with Crippen molar-refractivity contribution < 1.29 is 33.5 Å². The number of ether oxygens (including phenoxy) is 1. The lowest BCUT2D eigenvalue weighted by molar-refractivity contribution is -0.148. The molecule has 0 heterocycles. The van der Waals surface area contributed by atoms with Gasteiger partial charge in [-0.2, -0.15) is 0 Å². The van der Waals surface area contributed by atoms with Crippen LogP contribution in [0.2, 0.25) is 0 Å². The molecule has 0 aromatic heterocycles. The molecule has 1 aromatic carbocycles. The van der Waals surface area contributed by atoms with Crippen LogP contribution in [0.5, 0.6) is 0 Å². The quantitative estimate of drug-likeness (QED) is 0.142. The first-order valence-electron chi connectivity index (χ1n) is 14.5. The Morgan fingerprint density at radius 3 is 1.79 bits per heavy atom. The van der Waals surface area contributed by atoms with Gasteiger partial charge in [0.1, 0.15) is 24.7 Å². The highest BCUT2D eigenvalue weighted by Gasteiger charge is 2.30. The normalized spacial score (nSPS) is 13.9. The fourth-order valence-corrected chi connectivity index (χ4v) is 3.90. The molecule has 0 bridgehead atoms. The van der Waals surface area contributed by atoms with E-state index in [1.807, 2.05) is 27.7 Å². The number of hydrogen-bond acceptors (Lipinski definition) is 8. The highest BCUT2D eigenvalue weighted by atomic mass is 16.5. The van der Waals surface area contributed by atoms with E-state index in [-0.39, 0.29) is 36.9 Å². The van der Waals surface area contributed by atoms with Crippen molar-refractivity contribution in [3.05, 3.63) is 29.8 Å². The number of hydrogen-bond donors (Lipinski definition) is 6. The van der Waals surface area contributed by atoms with Crippen LogP contribution >= 0.6 is 0 Å². The molecule has 0 aliphatic heterocycles. The van der Waals surface area contributed by atoms with Gasteiger partial charge in [-0.1, -0.05) is 53.7 Å². The summed E-state index contributed by atoms with van der Waals surface area (Å²) in [6.45, 7) is 14.2. The predicted octanol–water partition coefficient (Wildman–Crippen LogP) is 1.11. The zero-order valence-corrected chi connectivity index (χ0v) is 26.4. The van der Waals surface area contributed by atoms with E-state index >= 15 is 0 Å². The Morgan fingerprint density at radius 2 is 1.28 bits per heavy atom. The molecule has 5 amide bonds. The van der Waals surface area contributed by atoms with E-state index in [9.17, 15) is 28.8 Å². The molecule has 0 radical (unpaired) electrons. The van der Waals surface area contributed by atoms with Crippen LogP contribution in [-0.4, -0.2) is 65.7 Å². The molecule has 1 aromatic rings. The van der Waals surface area contributed by atoms with Gasteiger partial charge < -0.3 is 37.1 Å². The topological polar surface area (TPSA) is 198 Å². The molecule has 13 nitrogen and oxygen atoms in total. The third-order valence-electron chi connectivity index (χ3n) is 6.18. The maximum Gasteiger partial charge on any atom is 0.308 e. The predicted molar refractivity (Wildman–Crippen MR) is 162 cm³/mol. The zero-order valence-electron chi connectivity index (χ0n) is 26.4. The summed E-state index contributed by atoms with van der Waals surface area (Å²) in [5.74, 6) is -3.77. The van der Waals surface area contributed by atoms with Crippen LogP contribution < -0.4 is 32.3 Å². The molecule has 0 saturated carbocycles. The molecule has 0 unspecified atom stereocenters. The van der Waals surface area contributed by atoms with Crippen molar-refractivity contribution in [2.24, 2.45) is 17.6 Å². The van der Waals surface area contributed by atoms with Gasteiger partial charge in [-0.3, -0.25) is 28.8 Å². The minimum absolute atomic E-state index is 0.00919. The lowest BCUT2D eigenvalue weighted by Crippen LogP contribution is -2.57. The van der Waals surface area contributed by atoms with Crippen molar-refractivity contribution in [3.63, 3.8) is 0 Å². The molecule has 0 aliphatic rings. The highest BCUT2D eigenvalue weighted by Crippen LogP contribution is 2.14. The summed E-state index contributed by atoms with van der Waals surface area (Å²) in [5.41, 5.74) is 6.53. The van der Waals surface area contributed by atoms with Crippen molar-refractivity contribution in [3.8, 4) is 0 Å². The third-order valence-corrected chi connectivity index (χ3v) is 6.18. The Hall–Kier alpha value is -4.00. The van der Waals surface area contributed by atoms with Gasteiger partial charge in [0.25, 0.3) is 0 Å². The first-order valence-corrected chi connectivity index (χ1v) is 14.5.